The van der Waals surface area contributed by atoms with Crippen LogP contribution in [0.3, 0.4) is 0 Å². The van der Waals surface area contributed by atoms with Crippen molar-refractivity contribution in [2.75, 3.05) is 55.6 Å². The number of ether oxygens (including phenoxy) is 4. The summed E-state index contributed by atoms with van der Waals surface area (Å²) in [4.78, 5) is 29.6. The SMILES string of the molecule is COc1ccc(C(O)=C2C(=O)C(=O)N(CCN(C)C)[C@H]2c2cc(OC)c(OC)c(OC)c2)c(O)c1. The summed E-state index contributed by atoms with van der Waals surface area (Å²) in [5.41, 5.74) is 0.296. The van der Waals surface area contributed by atoms with E-state index in [2.05, 4.69) is 0 Å². The third kappa shape index (κ3) is 4.83. The van der Waals surface area contributed by atoms with Crippen LogP contribution < -0.4 is 18.9 Å². The van der Waals surface area contributed by atoms with Crippen LogP contribution in [0.2, 0.25) is 0 Å². The molecular formula is C25H30N2O8. The molecule has 1 aliphatic rings. The van der Waals surface area contributed by atoms with E-state index >= 15 is 0 Å². The van der Waals surface area contributed by atoms with Crippen LogP contribution in [0.25, 0.3) is 5.76 Å². The van der Waals surface area contributed by atoms with Gasteiger partial charge in [0.1, 0.15) is 17.3 Å². The normalized spacial score (nSPS) is 17.1. The summed E-state index contributed by atoms with van der Waals surface area (Å²) in [5, 5.41) is 21.7. The second-order valence-electron chi connectivity index (χ2n) is 8.14. The number of benzene rings is 2. The zero-order valence-corrected chi connectivity index (χ0v) is 20.6. The Bertz CT molecular complexity index is 1130. The Morgan fingerprint density at radius 2 is 1.60 bits per heavy atom. The molecule has 0 aromatic heterocycles. The molecular weight excluding hydrogens is 456 g/mol. The number of aliphatic hydroxyl groups is 1. The quantitative estimate of drug-likeness (QED) is 0.313. The van der Waals surface area contributed by atoms with Gasteiger partial charge in [0.05, 0.1) is 45.6 Å². The number of amides is 1. The number of carbonyl (C=O) groups is 2. The maximum Gasteiger partial charge on any atom is 0.295 e. The third-order valence-electron chi connectivity index (χ3n) is 5.79. The van der Waals surface area contributed by atoms with Gasteiger partial charge in [0.15, 0.2) is 11.5 Å². The van der Waals surface area contributed by atoms with Crippen LogP contribution >= 0.6 is 0 Å². The molecule has 1 aliphatic heterocycles. The van der Waals surface area contributed by atoms with Crippen LogP contribution in [-0.2, 0) is 9.59 Å². The van der Waals surface area contributed by atoms with Crippen LogP contribution in [0, 0.1) is 0 Å². The van der Waals surface area contributed by atoms with Gasteiger partial charge in [-0.2, -0.15) is 0 Å². The highest BCUT2D eigenvalue weighted by Crippen LogP contribution is 2.46. The molecule has 2 N–H and O–H groups in total. The molecule has 0 spiro atoms. The van der Waals surface area contributed by atoms with E-state index in [1.807, 2.05) is 19.0 Å². The van der Waals surface area contributed by atoms with Crippen molar-refractivity contribution < 1.29 is 38.7 Å². The van der Waals surface area contributed by atoms with E-state index in [0.29, 0.717) is 35.1 Å². The number of carbonyl (C=O) groups excluding carboxylic acids is 2. The van der Waals surface area contributed by atoms with Crippen LogP contribution in [0.4, 0.5) is 0 Å². The van der Waals surface area contributed by atoms with Crippen molar-refractivity contribution in [2.24, 2.45) is 0 Å². The van der Waals surface area contributed by atoms with E-state index in [-0.39, 0.29) is 23.4 Å². The molecule has 0 saturated carbocycles. The Balaban J connectivity index is 2.27. The van der Waals surface area contributed by atoms with Crippen molar-refractivity contribution in [3.05, 3.63) is 47.0 Å². The van der Waals surface area contributed by atoms with E-state index in [4.69, 9.17) is 18.9 Å². The van der Waals surface area contributed by atoms with Gasteiger partial charge >= 0.3 is 0 Å². The van der Waals surface area contributed by atoms with Gasteiger partial charge in [-0.1, -0.05) is 0 Å². The second kappa shape index (κ2) is 10.6. The third-order valence-corrected chi connectivity index (χ3v) is 5.79. The molecule has 3 rings (SSSR count). The van der Waals surface area contributed by atoms with Gasteiger partial charge in [0.25, 0.3) is 11.7 Å². The summed E-state index contributed by atoms with van der Waals surface area (Å²) >= 11 is 0. The summed E-state index contributed by atoms with van der Waals surface area (Å²) in [6.45, 7) is 0.687. The Labute approximate surface area is 203 Å². The molecule has 1 heterocycles. The molecule has 2 aromatic carbocycles. The van der Waals surface area contributed by atoms with Crippen molar-refractivity contribution in [1.29, 1.82) is 0 Å². The molecule has 0 bridgehead atoms. The highest BCUT2D eigenvalue weighted by molar-refractivity contribution is 6.46. The van der Waals surface area contributed by atoms with Crippen LogP contribution in [0.15, 0.2) is 35.9 Å². The topological polar surface area (TPSA) is 118 Å². The molecule has 0 unspecified atom stereocenters. The minimum atomic E-state index is -0.967. The van der Waals surface area contributed by atoms with Crippen molar-refractivity contribution in [3.63, 3.8) is 0 Å². The first-order valence-corrected chi connectivity index (χ1v) is 10.8. The number of rotatable bonds is 9. The highest BCUT2D eigenvalue weighted by Gasteiger charge is 2.46. The van der Waals surface area contributed by atoms with Crippen molar-refractivity contribution in [3.8, 4) is 28.7 Å². The van der Waals surface area contributed by atoms with Crippen molar-refractivity contribution in [1.82, 2.24) is 9.80 Å². The molecule has 10 heteroatoms. The molecule has 1 amide bonds. The molecule has 10 nitrogen and oxygen atoms in total. The Morgan fingerprint density at radius 1 is 0.971 bits per heavy atom. The van der Waals surface area contributed by atoms with E-state index in [1.54, 1.807) is 12.1 Å². The number of aromatic hydroxyl groups is 1. The lowest BCUT2D eigenvalue weighted by atomic mass is 9.94. The number of phenols is 1. The Morgan fingerprint density at radius 3 is 2.09 bits per heavy atom. The number of likely N-dealkylation sites (tertiary alicyclic amines) is 1. The standard InChI is InChI=1S/C25H30N2O8/c1-26(2)9-10-27-21(14-11-18(33-4)24(35-6)19(12-14)34-5)20(23(30)25(27)31)22(29)16-8-7-15(32-3)13-17(16)28/h7-8,11-13,21,28-29H,9-10H2,1-6H3/t21-/m0/s1. The van der Waals surface area contributed by atoms with Gasteiger partial charge in [-0.15, -0.1) is 0 Å². The van der Waals surface area contributed by atoms with Crippen molar-refractivity contribution >= 4 is 17.4 Å². The van der Waals surface area contributed by atoms with Crippen LogP contribution in [0.1, 0.15) is 17.2 Å². The summed E-state index contributed by atoms with van der Waals surface area (Å²) in [7, 11) is 9.52. The average molecular weight is 487 g/mol. The fourth-order valence-electron chi connectivity index (χ4n) is 4.01. The molecule has 1 saturated heterocycles. The maximum atomic E-state index is 13.2. The van der Waals surface area contributed by atoms with E-state index in [9.17, 15) is 19.8 Å². The molecule has 188 valence electrons. The Hall–Kier alpha value is -3.92. The number of aliphatic hydroxyl groups excluding tert-OH is 1. The number of phenolic OH excluding ortho intramolecular Hbond substituents is 1. The lowest BCUT2D eigenvalue weighted by molar-refractivity contribution is -0.140. The highest BCUT2D eigenvalue weighted by atomic mass is 16.5. The first kappa shape index (κ1) is 25.7. The molecule has 1 atom stereocenters. The van der Waals surface area contributed by atoms with E-state index in [1.165, 1.54) is 51.5 Å². The van der Waals surface area contributed by atoms with Gasteiger partial charge in [-0.05, 0) is 43.9 Å². The van der Waals surface area contributed by atoms with Crippen molar-refractivity contribution in [2.45, 2.75) is 6.04 Å². The van der Waals surface area contributed by atoms with Crippen LogP contribution in [-0.4, -0.2) is 87.3 Å². The first-order valence-electron chi connectivity index (χ1n) is 10.8. The first-order chi connectivity index (χ1) is 16.7. The smallest absolute Gasteiger partial charge is 0.295 e. The van der Waals surface area contributed by atoms with Gasteiger partial charge in [0.2, 0.25) is 5.75 Å². The molecule has 1 fully saturated rings. The fraction of sp³-hybridized carbons (Fsp3) is 0.360. The van der Waals surface area contributed by atoms with Gasteiger partial charge in [-0.3, -0.25) is 9.59 Å². The summed E-state index contributed by atoms with van der Waals surface area (Å²) < 4.78 is 21.4. The number of hydrogen-bond donors (Lipinski definition) is 2. The summed E-state index contributed by atoms with van der Waals surface area (Å²) in [6, 6.07) is 6.55. The van der Waals surface area contributed by atoms with E-state index < -0.39 is 23.5 Å². The zero-order chi connectivity index (χ0) is 25.9. The predicted molar refractivity (Wildman–Crippen MR) is 128 cm³/mol. The van der Waals surface area contributed by atoms with Gasteiger partial charge in [0, 0.05) is 19.2 Å². The average Bonchev–Trinajstić information content (AvgIpc) is 3.10. The molecule has 0 radical (unpaired) electrons. The van der Waals surface area contributed by atoms with E-state index in [0.717, 1.165) is 0 Å². The van der Waals surface area contributed by atoms with Crippen LogP contribution in [0.5, 0.6) is 28.7 Å². The maximum absolute atomic E-state index is 13.2. The number of ketones is 1. The number of nitrogens with zero attached hydrogens (tertiary/aromatic N) is 2. The summed E-state index contributed by atoms with van der Waals surface area (Å²) in [6.07, 6.45) is 0. The number of Topliss-reactive ketones (excluding diaryl/α,β-unsaturated/α-hetero) is 1. The summed E-state index contributed by atoms with van der Waals surface area (Å²) in [5.74, 6) is -1.07. The minimum absolute atomic E-state index is 0.00569. The predicted octanol–water partition coefficient (Wildman–Crippen LogP) is 2.41. The largest absolute Gasteiger partial charge is 0.507 e. The van der Waals surface area contributed by atoms with Gasteiger partial charge < -0.3 is 39.0 Å². The fourth-order valence-corrected chi connectivity index (χ4v) is 4.01. The number of methoxy groups -OCH3 is 4. The van der Waals surface area contributed by atoms with Gasteiger partial charge in [-0.25, -0.2) is 0 Å². The number of likely N-dealkylation sites (N-methyl/N-ethyl adjacent to an activating group) is 1. The molecule has 35 heavy (non-hydrogen) atoms. The Kier molecular flexibility index (Phi) is 7.75. The minimum Gasteiger partial charge on any atom is -0.507 e. The monoisotopic (exact) mass is 486 g/mol. The molecule has 2 aromatic rings. The zero-order valence-electron chi connectivity index (χ0n) is 20.6. The molecule has 0 aliphatic carbocycles. The second-order valence-corrected chi connectivity index (χ2v) is 8.14. The lowest BCUT2D eigenvalue weighted by Gasteiger charge is -2.27. The number of hydrogen-bond acceptors (Lipinski definition) is 9. The lowest BCUT2D eigenvalue weighted by Crippen LogP contribution is -2.35.